The van der Waals surface area contributed by atoms with Crippen LogP contribution in [0.5, 0.6) is 0 Å². The number of rotatable bonds is 6. The number of aromatic amines is 1. The van der Waals surface area contributed by atoms with E-state index in [2.05, 4.69) is 46.3 Å². The molecule has 1 N–H and O–H groups in total. The Hall–Kier alpha value is -2.92. The lowest BCUT2D eigenvalue weighted by atomic mass is 9.91. The molecule has 4 rings (SSSR count). The third kappa shape index (κ3) is 4.62. The molecule has 0 bridgehead atoms. The Labute approximate surface area is 178 Å². The van der Waals surface area contributed by atoms with Crippen LogP contribution in [0.15, 0.2) is 60.8 Å². The van der Waals surface area contributed by atoms with E-state index in [1.54, 1.807) is 11.1 Å². The fraction of sp³-hybridized carbons (Fsp3) is 0.360. The number of benzene rings is 2. The Balaban J connectivity index is 1.45. The zero-order chi connectivity index (χ0) is 20.9. The first-order valence-electron chi connectivity index (χ1n) is 10.7. The average Bonchev–Trinajstić information content (AvgIpc) is 3.26. The van der Waals surface area contributed by atoms with Crippen molar-refractivity contribution in [3.8, 4) is 0 Å². The van der Waals surface area contributed by atoms with Gasteiger partial charge in [-0.2, -0.15) is 5.10 Å². The number of hydrogen-bond acceptors (Lipinski definition) is 3. The second-order valence-electron chi connectivity index (χ2n) is 8.34. The number of carbonyl (C=O) groups excluding carboxylic acids is 1. The van der Waals surface area contributed by atoms with Crippen LogP contribution in [0.2, 0.25) is 0 Å². The van der Waals surface area contributed by atoms with Crippen LogP contribution >= 0.6 is 0 Å². The lowest BCUT2D eigenvalue weighted by Gasteiger charge is -2.33. The highest BCUT2D eigenvalue weighted by Gasteiger charge is 2.28. The molecule has 1 aliphatic heterocycles. The predicted octanol–water partition coefficient (Wildman–Crippen LogP) is 4.37. The largest absolute Gasteiger partial charge is 0.337 e. The number of likely N-dealkylation sites (tertiary alicyclic amines) is 1. The summed E-state index contributed by atoms with van der Waals surface area (Å²) in [5, 5.41) is 7.39. The SMILES string of the molecule is Cc1ccccc1CN1CCC[C@@H](c2[nH]ncc2C(=O)N(C)Cc2ccccc2)C1. The van der Waals surface area contributed by atoms with Crippen LogP contribution in [0.3, 0.4) is 0 Å². The summed E-state index contributed by atoms with van der Waals surface area (Å²) < 4.78 is 0. The molecule has 1 fully saturated rings. The van der Waals surface area contributed by atoms with Crippen LogP contribution in [0.4, 0.5) is 0 Å². The quantitative estimate of drug-likeness (QED) is 0.666. The number of amides is 1. The minimum atomic E-state index is 0.0265. The maximum Gasteiger partial charge on any atom is 0.257 e. The van der Waals surface area contributed by atoms with E-state index in [1.807, 2.05) is 37.4 Å². The van der Waals surface area contributed by atoms with Crippen molar-refractivity contribution in [1.82, 2.24) is 20.0 Å². The van der Waals surface area contributed by atoms with Gasteiger partial charge in [-0.1, -0.05) is 54.6 Å². The van der Waals surface area contributed by atoms with Crippen molar-refractivity contribution in [3.63, 3.8) is 0 Å². The number of nitrogens with zero attached hydrogens (tertiary/aromatic N) is 3. The van der Waals surface area contributed by atoms with Gasteiger partial charge in [0.2, 0.25) is 0 Å². The van der Waals surface area contributed by atoms with Crippen molar-refractivity contribution < 1.29 is 4.79 Å². The monoisotopic (exact) mass is 402 g/mol. The predicted molar refractivity (Wildman–Crippen MR) is 119 cm³/mol. The molecular formula is C25H30N4O. The van der Waals surface area contributed by atoms with Crippen molar-refractivity contribution in [3.05, 3.63) is 88.7 Å². The first-order valence-corrected chi connectivity index (χ1v) is 10.7. The fourth-order valence-corrected chi connectivity index (χ4v) is 4.38. The number of aromatic nitrogens is 2. The maximum absolute atomic E-state index is 13.1. The average molecular weight is 403 g/mol. The van der Waals surface area contributed by atoms with E-state index in [9.17, 15) is 4.79 Å². The second kappa shape index (κ2) is 9.26. The van der Waals surface area contributed by atoms with Crippen molar-refractivity contribution in [1.29, 1.82) is 0 Å². The number of nitrogens with one attached hydrogen (secondary N) is 1. The number of hydrogen-bond donors (Lipinski definition) is 1. The van der Waals surface area contributed by atoms with Gasteiger partial charge >= 0.3 is 0 Å². The summed E-state index contributed by atoms with van der Waals surface area (Å²) in [7, 11) is 1.86. The lowest BCUT2D eigenvalue weighted by Crippen LogP contribution is -2.35. The zero-order valence-electron chi connectivity index (χ0n) is 17.8. The summed E-state index contributed by atoms with van der Waals surface area (Å²) in [5.41, 5.74) is 5.52. The molecule has 1 saturated heterocycles. The van der Waals surface area contributed by atoms with Gasteiger partial charge in [-0.3, -0.25) is 14.8 Å². The van der Waals surface area contributed by atoms with Crippen LogP contribution < -0.4 is 0 Å². The summed E-state index contributed by atoms with van der Waals surface area (Å²) in [6, 6.07) is 18.7. The molecule has 0 saturated carbocycles. The van der Waals surface area contributed by atoms with Crippen LogP contribution in [0.1, 0.15) is 51.5 Å². The molecule has 1 amide bonds. The number of aryl methyl sites for hydroxylation is 1. The van der Waals surface area contributed by atoms with Crippen molar-refractivity contribution in [2.75, 3.05) is 20.1 Å². The summed E-state index contributed by atoms with van der Waals surface area (Å²) in [5.74, 6) is 0.327. The van der Waals surface area contributed by atoms with Gasteiger partial charge in [0.25, 0.3) is 5.91 Å². The summed E-state index contributed by atoms with van der Waals surface area (Å²) in [4.78, 5) is 17.4. The lowest BCUT2D eigenvalue weighted by molar-refractivity contribution is 0.0782. The summed E-state index contributed by atoms with van der Waals surface area (Å²) >= 11 is 0. The molecule has 2 aromatic carbocycles. The Morgan fingerprint density at radius 3 is 2.73 bits per heavy atom. The Bertz CT molecular complexity index is 982. The van der Waals surface area contributed by atoms with Gasteiger partial charge in [0.1, 0.15) is 0 Å². The first-order chi connectivity index (χ1) is 14.6. The molecule has 3 aromatic rings. The highest BCUT2D eigenvalue weighted by atomic mass is 16.2. The molecule has 5 nitrogen and oxygen atoms in total. The van der Waals surface area contributed by atoms with Crippen molar-refractivity contribution >= 4 is 5.91 Å². The molecule has 1 aromatic heterocycles. The molecule has 2 heterocycles. The van der Waals surface area contributed by atoms with Crippen molar-refractivity contribution in [2.45, 2.75) is 38.8 Å². The molecule has 156 valence electrons. The minimum Gasteiger partial charge on any atom is -0.337 e. The van der Waals surface area contributed by atoms with E-state index >= 15 is 0 Å². The molecule has 1 atom stereocenters. The van der Waals surface area contributed by atoms with Crippen LogP contribution in [0, 0.1) is 6.92 Å². The third-order valence-corrected chi connectivity index (χ3v) is 6.08. The second-order valence-corrected chi connectivity index (χ2v) is 8.34. The van der Waals surface area contributed by atoms with Gasteiger partial charge in [0.05, 0.1) is 17.5 Å². The smallest absolute Gasteiger partial charge is 0.257 e. The van der Waals surface area contributed by atoms with Crippen LogP contribution in [-0.4, -0.2) is 46.0 Å². The van der Waals surface area contributed by atoms with Crippen LogP contribution in [0.25, 0.3) is 0 Å². The molecule has 30 heavy (non-hydrogen) atoms. The molecule has 5 heteroatoms. The van der Waals surface area contributed by atoms with E-state index in [4.69, 9.17) is 0 Å². The van der Waals surface area contributed by atoms with E-state index in [1.165, 1.54) is 11.1 Å². The molecule has 0 unspecified atom stereocenters. The van der Waals surface area contributed by atoms with Crippen LogP contribution in [-0.2, 0) is 13.1 Å². The Morgan fingerprint density at radius 1 is 1.17 bits per heavy atom. The van der Waals surface area contributed by atoms with Gasteiger partial charge in [-0.25, -0.2) is 0 Å². The highest BCUT2D eigenvalue weighted by molar-refractivity contribution is 5.95. The highest BCUT2D eigenvalue weighted by Crippen LogP contribution is 2.29. The maximum atomic E-state index is 13.1. The number of H-pyrrole nitrogens is 1. The Morgan fingerprint density at radius 2 is 1.93 bits per heavy atom. The summed E-state index contributed by atoms with van der Waals surface area (Å²) in [6.45, 7) is 5.75. The topological polar surface area (TPSA) is 52.2 Å². The first kappa shape index (κ1) is 20.4. The molecule has 0 spiro atoms. The molecular weight excluding hydrogens is 372 g/mol. The van der Waals surface area contributed by atoms with Gasteiger partial charge in [0.15, 0.2) is 0 Å². The number of piperidine rings is 1. The van der Waals surface area contributed by atoms with Gasteiger partial charge in [-0.05, 0) is 43.0 Å². The van der Waals surface area contributed by atoms with Crippen molar-refractivity contribution in [2.24, 2.45) is 0 Å². The van der Waals surface area contributed by atoms with E-state index < -0.39 is 0 Å². The third-order valence-electron chi connectivity index (χ3n) is 6.08. The van der Waals surface area contributed by atoms with E-state index in [0.29, 0.717) is 18.0 Å². The van der Waals surface area contributed by atoms with Gasteiger partial charge in [0, 0.05) is 32.6 Å². The number of carbonyl (C=O) groups is 1. The van der Waals surface area contributed by atoms with E-state index in [-0.39, 0.29) is 5.91 Å². The normalized spacial score (nSPS) is 17.1. The Kier molecular flexibility index (Phi) is 6.29. The summed E-state index contributed by atoms with van der Waals surface area (Å²) in [6.07, 6.45) is 3.90. The molecule has 0 radical (unpaired) electrons. The standard InChI is InChI=1S/C25H30N4O/c1-19-9-6-7-12-21(19)17-29-14-8-13-22(18-29)24-23(15-26-27-24)25(30)28(2)16-20-10-4-3-5-11-20/h3-7,9-12,15,22H,8,13-14,16-18H2,1-2H3,(H,26,27)/t22-/m1/s1. The minimum absolute atomic E-state index is 0.0265. The van der Waals surface area contributed by atoms with Gasteiger partial charge in [-0.15, -0.1) is 0 Å². The zero-order valence-corrected chi connectivity index (χ0v) is 17.8. The van der Waals surface area contributed by atoms with Gasteiger partial charge < -0.3 is 4.90 Å². The molecule has 1 aliphatic rings. The fourth-order valence-electron chi connectivity index (χ4n) is 4.38. The molecule has 0 aliphatic carbocycles. The van der Waals surface area contributed by atoms with E-state index in [0.717, 1.165) is 43.7 Å².